The maximum Gasteiger partial charge on any atom is 0.0722 e. The molecule has 1 unspecified atom stereocenters. The van der Waals surface area contributed by atoms with E-state index in [2.05, 4.69) is 28.5 Å². The number of anilines is 1. The van der Waals surface area contributed by atoms with Crippen molar-refractivity contribution in [3.63, 3.8) is 0 Å². The first-order chi connectivity index (χ1) is 8.93. The molecule has 2 aromatic rings. The number of hydrogen-bond donors (Lipinski definition) is 1. The monoisotopic (exact) mass is 242 g/mol. The lowest BCUT2D eigenvalue weighted by atomic mass is 10.0. The van der Waals surface area contributed by atoms with Gasteiger partial charge < -0.3 is 10.1 Å². The van der Waals surface area contributed by atoms with Crippen molar-refractivity contribution in [2.75, 3.05) is 25.1 Å². The molecule has 0 radical (unpaired) electrons. The van der Waals surface area contributed by atoms with E-state index in [0.717, 1.165) is 25.3 Å². The van der Waals surface area contributed by atoms with Crippen molar-refractivity contribution in [1.29, 1.82) is 0 Å². The van der Waals surface area contributed by atoms with Crippen molar-refractivity contribution in [1.82, 2.24) is 4.98 Å². The van der Waals surface area contributed by atoms with Gasteiger partial charge in [0.2, 0.25) is 0 Å². The minimum atomic E-state index is 0.630. The third-order valence-electron chi connectivity index (χ3n) is 3.48. The molecule has 0 amide bonds. The molecule has 3 rings (SSSR count). The summed E-state index contributed by atoms with van der Waals surface area (Å²) in [5.74, 6) is 0.630. The van der Waals surface area contributed by atoms with Crippen molar-refractivity contribution in [3.8, 4) is 0 Å². The SMILES string of the molecule is c1cc(NCC2CCCOC2)c2cccnc2c1. The van der Waals surface area contributed by atoms with Gasteiger partial charge in [-0.15, -0.1) is 0 Å². The van der Waals surface area contributed by atoms with Gasteiger partial charge in [-0.1, -0.05) is 6.07 Å². The lowest BCUT2D eigenvalue weighted by Gasteiger charge is -2.23. The van der Waals surface area contributed by atoms with Gasteiger partial charge in [-0.25, -0.2) is 0 Å². The molecule has 1 aromatic heterocycles. The number of ether oxygens (including phenoxy) is 1. The maximum absolute atomic E-state index is 5.51. The van der Waals surface area contributed by atoms with Crippen molar-refractivity contribution in [2.24, 2.45) is 5.92 Å². The average molecular weight is 242 g/mol. The van der Waals surface area contributed by atoms with Gasteiger partial charge >= 0.3 is 0 Å². The Kier molecular flexibility index (Phi) is 3.42. The number of nitrogens with one attached hydrogen (secondary N) is 1. The van der Waals surface area contributed by atoms with Gasteiger partial charge in [0.25, 0.3) is 0 Å². The fourth-order valence-corrected chi connectivity index (χ4v) is 2.48. The Labute approximate surface area is 107 Å². The van der Waals surface area contributed by atoms with E-state index < -0.39 is 0 Å². The minimum Gasteiger partial charge on any atom is -0.384 e. The summed E-state index contributed by atoms with van der Waals surface area (Å²) < 4.78 is 5.51. The number of aromatic nitrogens is 1. The molecule has 2 heterocycles. The van der Waals surface area contributed by atoms with Crippen LogP contribution in [0.1, 0.15) is 12.8 Å². The molecule has 18 heavy (non-hydrogen) atoms. The number of pyridine rings is 1. The Balaban J connectivity index is 1.74. The Hall–Kier alpha value is -1.61. The van der Waals surface area contributed by atoms with E-state index in [1.807, 2.05) is 18.3 Å². The Morgan fingerprint density at radius 1 is 1.28 bits per heavy atom. The van der Waals surface area contributed by atoms with E-state index in [4.69, 9.17) is 4.74 Å². The summed E-state index contributed by atoms with van der Waals surface area (Å²) >= 11 is 0. The molecule has 1 N–H and O–H groups in total. The molecule has 1 saturated heterocycles. The Morgan fingerprint density at radius 2 is 2.28 bits per heavy atom. The second kappa shape index (κ2) is 5.36. The molecule has 0 saturated carbocycles. The lowest BCUT2D eigenvalue weighted by Crippen LogP contribution is -2.24. The van der Waals surface area contributed by atoms with Gasteiger partial charge in [-0.3, -0.25) is 4.98 Å². The predicted molar refractivity (Wildman–Crippen MR) is 73.8 cm³/mol. The molecule has 1 aliphatic heterocycles. The van der Waals surface area contributed by atoms with Gasteiger partial charge in [0.05, 0.1) is 12.1 Å². The summed E-state index contributed by atoms with van der Waals surface area (Å²) in [6.45, 7) is 2.79. The van der Waals surface area contributed by atoms with E-state index in [1.54, 1.807) is 0 Å². The third-order valence-corrected chi connectivity index (χ3v) is 3.48. The normalized spacial score (nSPS) is 19.9. The quantitative estimate of drug-likeness (QED) is 0.898. The van der Waals surface area contributed by atoms with Crippen LogP contribution in [0.3, 0.4) is 0 Å². The zero-order valence-corrected chi connectivity index (χ0v) is 10.4. The molecule has 0 bridgehead atoms. The molecular formula is C15H18N2O. The molecule has 1 aliphatic rings. The van der Waals surface area contributed by atoms with Gasteiger partial charge in [0.1, 0.15) is 0 Å². The molecular weight excluding hydrogens is 224 g/mol. The van der Waals surface area contributed by atoms with Crippen LogP contribution < -0.4 is 5.32 Å². The summed E-state index contributed by atoms with van der Waals surface area (Å²) in [5, 5.41) is 4.73. The van der Waals surface area contributed by atoms with E-state index >= 15 is 0 Å². The van der Waals surface area contributed by atoms with Gasteiger partial charge in [0.15, 0.2) is 0 Å². The topological polar surface area (TPSA) is 34.1 Å². The molecule has 1 aromatic carbocycles. The number of rotatable bonds is 3. The third kappa shape index (κ3) is 2.46. The van der Waals surface area contributed by atoms with Gasteiger partial charge in [-0.05, 0) is 43.0 Å². The van der Waals surface area contributed by atoms with E-state index in [1.165, 1.54) is 23.9 Å². The molecule has 3 heteroatoms. The minimum absolute atomic E-state index is 0.630. The van der Waals surface area contributed by atoms with Crippen molar-refractivity contribution in [2.45, 2.75) is 12.8 Å². The standard InChI is InChI=1S/C15H18N2O/c1-6-14-13(5-2-8-16-14)15(7-1)17-10-12-4-3-9-18-11-12/h1-2,5-8,12,17H,3-4,9-11H2. The predicted octanol–water partition coefficient (Wildman–Crippen LogP) is 3.07. The van der Waals surface area contributed by atoms with Gasteiger partial charge in [0, 0.05) is 30.4 Å². The number of fused-ring (bicyclic) bond motifs is 1. The smallest absolute Gasteiger partial charge is 0.0722 e. The maximum atomic E-state index is 5.51. The summed E-state index contributed by atoms with van der Waals surface area (Å²) in [4.78, 5) is 4.37. The zero-order valence-electron chi connectivity index (χ0n) is 10.4. The first kappa shape index (κ1) is 11.5. The van der Waals surface area contributed by atoms with Crippen molar-refractivity contribution < 1.29 is 4.74 Å². The van der Waals surface area contributed by atoms with Crippen LogP contribution in [0.5, 0.6) is 0 Å². The molecule has 94 valence electrons. The molecule has 0 spiro atoms. The van der Waals surface area contributed by atoms with Crippen LogP contribution in [0.15, 0.2) is 36.5 Å². The lowest BCUT2D eigenvalue weighted by molar-refractivity contribution is 0.0595. The summed E-state index contributed by atoms with van der Waals surface area (Å²) in [7, 11) is 0. The van der Waals surface area contributed by atoms with E-state index in [0.29, 0.717) is 5.92 Å². The number of nitrogens with zero attached hydrogens (tertiary/aromatic N) is 1. The van der Waals surface area contributed by atoms with Crippen LogP contribution in [0.2, 0.25) is 0 Å². The first-order valence-electron chi connectivity index (χ1n) is 6.59. The van der Waals surface area contributed by atoms with Gasteiger partial charge in [-0.2, -0.15) is 0 Å². The van der Waals surface area contributed by atoms with Crippen LogP contribution in [0, 0.1) is 5.92 Å². The summed E-state index contributed by atoms with van der Waals surface area (Å²) in [6.07, 6.45) is 4.28. The highest BCUT2D eigenvalue weighted by Gasteiger charge is 2.13. The van der Waals surface area contributed by atoms with Crippen LogP contribution in [-0.4, -0.2) is 24.7 Å². The fourth-order valence-electron chi connectivity index (χ4n) is 2.48. The van der Waals surface area contributed by atoms with Crippen LogP contribution in [0.25, 0.3) is 10.9 Å². The number of hydrogen-bond acceptors (Lipinski definition) is 3. The van der Waals surface area contributed by atoms with E-state index in [9.17, 15) is 0 Å². The highest BCUT2D eigenvalue weighted by molar-refractivity contribution is 5.91. The number of benzene rings is 1. The average Bonchev–Trinajstić information content (AvgIpc) is 2.46. The van der Waals surface area contributed by atoms with Crippen LogP contribution >= 0.6 is 0 Å². The largest absolute Gasteiger partial charge is 0.384 e. The first-order valence-corrected chi connectivity index (χ1v) is 6.59. The van der Waals surface area contributed by atoms with Crippen LogP contribution in [0.4, 0.5) is 5.69 Å². The van der Waals surface area contributed by atoms with Crippen molar-refractivity contribution >= 4 is 16.6 Å². The molecule has 0 aliphatic carbocycles. The second-order valence-corrected chi connectivity index (χ2v) is 4.84. The highest BCUT2D eigenvalue weighted by Crippen LogP contribution is 2.22. The Morgan fingerprint density at radius 3 is 3.17 bits per heavy atom. The van der Waals surface area contributed by atoms with E-state index in [-0.39, 0.29) is 0 Å². The Bertz CT molecular complexity index is 515. The highest BCUT2D eigenvalue weighted by atomic mass is 16.5. The summed E-state index contributed by atoms with van der Waals surface area (Å²) in [5.41, 5.74) is 2.22. The zero-order chi connectivity index (χ0) is 12.2. The summed E-state index contributed by atoms with van der Waals surface area (Å²) in [6, 6.07) is 10.3. The van der Waals surface area contributed by atoms with Crippen molar-refractivity contribution in [3.05, 3.63) is 36.5 Å². The fraction of sp³-hybridized carbons (Fsp3) is 0.400. The molecule has 1 atom stereocenters. The molecule has 3 nitrogen and oxygen atoms in total. The molecule has 1 fully saturated rings. The van der Waals surface area contributed by atoms with Crippen LogP contribution in [-0.2, 0) is 4.74 Å². The second-order valence-electron chi connectivity index (χ2n) is 4.84.